The minimum absolute atomic E-state index is 0.0337. The number of fused-ring (bicyclic) bond motifs is 1. The predicted molar refractivity (Wildman–Crippen MR) is 110 cm³/mol. The van der Waals surface area contributed by atoms with Crippen LogP contribution in [0.1, 0.15) is 62.1 Å². The SMILES string of the molecule is COc1ccc(CCC(=O)NC2CC3(CCCCC3)Oc3ccccc32)cc1. The summed E-state index contributed by atoms with van der Waals surface area (Å²) < 4.78 is 11.7. The van der Waals surface area contributed by atoms with Crippen molar-refractivity contribution in [2.75, 3.05) is 7.11 Å². The molecule has 1 spiro atoms. The first-order valence-corrected chi connectivity index (χ1v) is 10.4. The van der Waals surface area contributed by atoms with Crippen LogP contribution in [0.3, 0.4) is 0 Å². The number of benzene rings is 2. The summed E-state index contributed by atoms with van der Waals surface area (Å²) in [5.41, 5.74) is 2.14. The molecule has 4 heteroatoms. The van der Waals surface area contributed by atoms with Crippen LogP contribution in [0, 0.1) is 0 Å². The molecule has 1 N–H and O–H groups in total. The van der Waals surface area contributed by atoms with Crippen LogP contribution in [0.2, 0.25) is 0 Å². The number of carbonyl (C=O) groups is 1. The molecule has 1 aliphatic heterocycles. The Hall–Kier alpha value is -2.49. The third-order valence-electron chi connectivity index (χ3n) is 6.10. The normalized spacial score (nSPS) is 20.1. The maximum atomic E-state index is 12.7. The molecule has 1 unspecified atom stereocenters. The minimum Gasteiger partial charge on any atom is -0.497 e. The number of hydrogen-bond donors (Lipinski definition) is 1. The van der Waals surface area contributed by atoms with Crippen LogP contribution in [-0.4, -0.2) is 18.6 Å². The molecule has 4 rings (SSSR count). The van der Waals surface area contributed by atoms with Crippen LogP contribution in [0.4, 0.5) is 0 Å². The van der Waals surface area contributed by atoms with Crippen LogP contribution in [0.25, 0.3) is 0 Å². The van der Waals surface area contributed by atoms with Gasteiger partial charge in [-0.3, -0.25) is 4.79 Å². The van der Waals surface area contributed by atoms with Gasteiger partial charge in [0.1, 0.15) is 17.1 Å². The van der Waals surface area contributed by atoms with Gasteiger partial charge in [-0.15, -0.1) is 0 Å². The Morgan fingerprint density at radius 1 is 1.11 bits per heavy atom. The fourth-order valence-electron chi connectivity index (χ4n) is 4.57. The molecular weight excluding hydrogens is 350 g/mol. The van der Waals surface area contributed by atoms with Gasteiger partial charge in [0.25, 0.3) is 0 Å². The monoisotopic (exact) mass is 379 g/mol. The van der Waals surface area contributed by atoms with E-state index in [9.17, 15) is 4.79 Å². The van der Waals surface area contributed by atoms with E-state index in [4.69, 9.17) is 9.47 Å². The second-order valence-electron chi connectivity index (χ2n) is 8.06. The molecule has 0 bridgehead atoms. The van der Waals surface area contributed by atoms with Crippen molar-refractivity contribution in [3.05, 3.63) is 59.7 Å². The highest BCUT2D eigenvalue weighted by Crippen LogP contribution is 2.46. The van der Waals surface area contributed by atoms with Gasteiger partial charge in [-0.2, -0.15) is 0 Å². The van der Waals surface area contributed by atoms with Crippen molar-refractivity contribution in [3.8, 4) is 11.5 Å². The summed E-state index contributed by atoms with van der Waals surface area (Å²) in [6.45, 7) is 0. The van der Waals surface area contributed by atoms with E-state index in [0.717, 1.165) is 48.3 Å². The maximum absolute atomic E-state index is 12.7. The van der Waals surface area contributed by atoms with Gasteiger partial charge in [0.05, 0.1) is 13.2 Å². The Kier molecular flexibility index (Phi) is 5.56. The number of methoxy groups -OCH3 is 1. The van der Waals surface area contributed by atoms with Gasteiger partial charge < -0.3 is 14.8 Å². The van der Waals surface area contributed by atoms with Gasteiger partial charge in [-0.05, 0) is 55.9 Å². The highest BCUT2D eigenvalue weighted by molar-refractivity contribution is 5.77. The zero-order valence-electron chi connectivity index (χ0n) is 16.6. The summed E-state index contributed by atoms with van der Waals surface area (Å²) in [4.78, 5) is 12.7. The van der Waals surface area contributed by atoms with Crippen molar-refractivity contribution in [3.63, 3.8) is 0 Å². The van der Waals surface area contributed by atoms with Crippen molar-refractivity contribution in [1.29, 1.82) is 0 Å². The van der Waals surface area contributed by atoms with E-state index in [-0.39, 0.29) is 17.6 Å². The first-order chi connectivity index (χ1) is 13.7. The molecule has 0 saturated heterocycles. The van der Waals surface area contributed by atoms with Gasteiger partial charge in [-0.25, -0.2) is 0 Å². The maximum Gasteiger partial charge on any atom is 0.220 e. The number of rotatable bonds is 5. The molecule has 0 aromatic heterocycles. The molecule has 1 heterocycles. The number of ether oxygens (including phenoxy) is 2. The number of aryl methyl sites for hydroxylation is 1. The largest absolute Gasteiger partial charge is 0.497 e. The Labute approximate surface area is 167 Å². The molecule has 28 heavy (non-hydrogen) atoms. The number of nitrogens with one attached hydrogen (secondary N) is 1. The van der Waals surface area contributed by atoms with Crippen LogP contribution in [-0.2, 0) is 11.2 Å². The lowest BCUT2D eigenvalue weighted by Gasteiger charge is -2.44. The summed E-state index contributed by atoms with van der Waals surface area (Å²) in [5, 5.41) is 3.30. The lowest BCUT2D eigenvalue weighted by Crippen LogP contribution is -2.46. The molecule has 1 aliphatic carbocycles. The van der Waals surface area contributed by atoms with E-state index in [1.807, 2.05) is 42.5 Å². The average Bonchev–Trinajstić information content (AvgIpc) is 2.73. The highest BCUT2D eigenvalue weighted by atomic mass is 16.5. The Balaban J connectivity index is 1.42. The molecule has 2 aromatic rings. The van der Waals surface area contributed by atoms with E-state index >= 15 is 0 Å². The molecule has 148 valence electrons. The van der Waals surface area contributed by atoms with E-state index in [1.165, 1.54) is 19.3 Å². The number of hydrogen-bond acceptors (Lipinski definition) is 3. The second kappa shape index (κ2) is 8.26. The zero-order valence-corrected chi connectivity index (χ0v) is 16.6. The first kappa shape index (κ1) is 18.9. The lowest BCUT2D eigenvalue weighted by atomic mass is 9.77. The van der Waals surface area contributed by atoms with Gasteiger partial charge in [0, 0.05) is 18.4 Å². The summed E-state index contributed by atoms with van der Waals surface area (Å²) in [5.74, 6) is 1.88. The molecule has 1 amide bonds. The van der Waals surface area contributed by atoms with Crippen LogP contribution in [0.5, 0.6) is 11.5 Å². The second-order valence-corrected chi connectivity index (χ2v) is 8.06. The summed E-state index contributed by atoms with van der Waals surface area (Å²) in [6, 6.07) is 16.1. The van der Waals surface area contributed by atoms with Crippen LogP contribution < -0.4 is 14.8 Å². The number of amides is 1. The fourth-order valence-corrected chi connectivity index (χ4v) is 4.57. The van der Waals surface area contributed by atoms with Gasteiger partial charge in [0.2, 0.25) is 5.91 Å². The van der Waals surface area contributed by atoms with Crippen molar-refractivity contribution in [2.45, 2.75) is 63.0 Å². The third kappa shape index (κ3) is 4.16. The third-order valence-corrected chi connectivity index (χ3v) is 6.10. The Morgan fingerprint density at radius 2 is 1.86 bits per heavy atom. The Morgan fingerprint density at radius 3 is 2.61 bits per heavy atom. The topological polar surface area (TPSA) is 47.6 Å². The smallest absolute Gasteiger partial charge is 0.220 e. The quantitative estimate of drug-likeness (QED) is 0.798. The molecule has 0 radical (unpaired) electrons. The van der Waals surface area contributed by atoms with Gasteiger partial charge in [0.15, 0.2) is 0 Å². The molecule has 2 aliphatic rings. The van der Waals surface area contributed by atoms with Crippen molar-refractivity contribution in [1.82, 2.24) is 5.32 Å². The highest BCUT2D eigenvalue weighted by Gasteiger charge is 2.42. The molecule has 2 aromatic carbocycles. The summed E-state index contributed by atoms with van der Waals surface area (Å²) in [6.07, 6.45) is 7.95. The summed E-state index contributed by atoms with van der Waals surface area (Å²) in [7, 11) is 1.66. The molecule has 1 saturated carbocycles. The number of para-hydroxylation sites is 1. The molecule has 1 atom stereocenters. The van der Waals surface area contributed by atoms with E-state index < -0.39 is 0 Å². The first-order valence-electron chi connectivity index (χ1n) is 10.4. The summed E-state index contributed by atoms with van der Waals surface area (Å²) >= 11 is 0. The van der Waals surface area contributed by atoms with Gasteiger partial charge >= 0.3 is 0 Å². The van der Waals surface area contributed by atoms with Crippen molar-refractivity contribution >= 4 is 5.91 Å². The fraction of sp³-hybridized carbons (Fsp3) is 0.458. The van der Waals surface area contributed by atoms with Gasteiger partial charge in [-0.1, -0.05) is 36.8 Å². The van der Waals surface area contributed by atoms with Crippen LogP contribution in [0.15, 0.2) is 48.5 Å². The molecule has 4 nitrogen and oxygen atoms in total. The molecule has 1 fully saturated rings. The lowest BCUT2D eigenvalue weighted by molar-refractivity contribution is -0.122. The van der Waals surface area contributed by atoms with Crippen LogP contribution >= 0.6 is 0 Å². The average molecular weight is 380 g/mol. The predicted octanol–water partition coefficient (Wildman–Crippen LogP) is 4.97. The standard InChI is InChI=1S/C24H29NO3/c1-27-19-12-9-18(10-13-19)11-14-23(26)25-21-17-24(15-5-2-6-16-24)28-22-8-4-3-7-20(21)22/h3-4,7-10,12-13,21H,2,5-6,11,14-17H2,1H3,(H,25,26). The number of carbonyl (C=O) groups excluding carboxylic acids is 1. The molecular formula is C24H29NO3. The van der Waals surface area contributed by atoms with Crippen molar-refractivity contribution < 1.29 is 14.3 Å². The van der Waals surface area contributed by atoms with E-state index in [1.54, 1.807) is 7.11 Å². The van der Waals surface area contributed by atoms with E-state index in [0.29, 0.717) is 6.42 Å². The minimum atomic E-state index is -0.111. The Bertz CT molecular complexity index is 809. The van der Waals surface area contributed by atoms with E-state index in [2.05, 4.69) is 11.4 Å². The zero-order chi connectivity index (χ0) is 19.4. The van der Waals surface area contributed by atoms with Crippen molar-refractivity contribution in [2.24, 2.45) is 0 Å².